The molecule has 2 heterocycles. The zero-order valence-electron chi connectivity index (χ0n) is 15.8. The second-order valence-corrected chi connectivity index (χ2v) is 7.03. The number of imide groups is 1. The van der Waals surface area contributed by atoms with Gasteiger partial charge in [-0.2, -0.15) is 0 Å². The van der Waals surface area contributed by atoms with Crippen LogP contribution in [-0.4, -0.2) is 41.0 Å². The summed E-state index contributed by atoms with van der Waals surface area (Å²) in [6.45, 7) is 0.166. The fraction of sp³-hybridized carbons (Fsp3) is 0.190. The zero-order chi connectivity index (χ0) is 21.3. The van der Waals surface area contributed by atoms with E-state index in [0.717, 1.165) is 0 Å². The Morgan fingerprint density at radius 2 is 1.87 bits per heavy atom. The molecule has 9 nitrogen and oxygen atoms in total. The predicted octanol–water partition coefficient (Wildman–Crippen LogP) is 1.27. The summed E-state index contributed by atoms with van der Waals surface area (Å²) in [5, 5.41) is 7.57. The highest BCUT2D eigenvalue weighted by Gasteiger charge is 2.39. The molecule has 0 aliphatic carbocycles. The van der Waals surface area contributed by atoms with Gasteiger partial charge in [0.2, 0.25) is 18.2 Å². The number of nitrogens with one attached hydrogen (secondary N) is 3. The van der Waals surface area contributed by atoms with E-state index in [1.807, 2.05) is 0 Å². The summed E-state index contributed by atoms with van der Waals surface area (Å²) in [5.74, 6) is -1.50. The third kappa shape index (κ3) is 3.52. The van der Waals surface area contributed by atoms with E-state index in [0.29, 0.717) is 34.5 Å². The molecular weight excluding hydrogens is 388 g/mol. The molecule has 5 amide bonds. The van der Waals surface area contributed by atoms with Crippen molar-refractivity contribution in [1.82, 2.24) is 10.2 Å². The van der Waals surface area contributed by atoms with E-state index in [9.17, 15) is 24.0 Å². The minimum Gasteiger partial charge on any atom is -0.329 e. The van der Waals surface area contributed by atoms with Crippen LogP contribution in [0.25, 0.3) is 0 Å². The monoisotopic (exact) mass is 406 g/mol. The van der Waals surface area contributed by atoms with E-state index < -0.39 is 11.9 Å². The Morgan fingerprint density at radius 3 is 2.57 bits per heavy atom. The Labute approximate surface area is 171 Å². The normalized spacial score (nSPS) is 17.9. The second kappa shape index (κ2) is 7.78. The van der Waals surface area contributed by atoms with Crippen molar-refractivity contribution in [2.45, 2.75) is 25.4 Å². The molecule has 9 heteroatoms. The molecular formula is C21H18N4O5. The number of anilines is 2. The maximum Gasteiger partial charge on any atom is 0.255 e. The molecule has 0 radical (unpaired) electrons. The van der Waals surface area contributed by atoms with E-state index in [2.05, 4.69) is 16.0 Å². The highest BCUT2D eigenvalue weighted by Crippen LogP contribution is 2.32. The molecule has 2 aliphatic heterocycles. The first kappa shape index (κ1) is 19.3. The summed E-state index contributed by atoms with van der Waals surface area (Å²) in [6.07, 6.45) is 0.996. The summed E-state index contributed by atoms with van der Waals surface area (Å²) in [4.78, 5) is 61.0. The van der Waals surface area contributed by atoms with Gasteiger partial charge in [0.15, 0.2) is 0 Å². The van der Waals surface area contributed by atoms with Crippen LogP contribution in [0.5, 0.6) is 0 Å². The van der Waals surface area contributed by atoms with Gasteiger partial charge in [-0.25, -0.2) is 0 Å². The molecule has 152 valence electrons. The molecule has 1 saturated heterocycles. The first-order valence-electron chi connectivity index (χ1n) is 9.36. The number of amides is 5. The van der Waals surface area contributed by atoms with Gasteiger partial charge >= 0.3 is 0 Å². The molecule has 2 aromatic carbocycles. The molecule has 0 aromatic heterocycles. The number of hydrogen-bond donors (Lipinski definition) is 3. The van der Waals surface area contributed by atoms with Crippen LogP contribution in [0.4, 0.5) is 11.4 Å². The topological polar surface area (TPSA) is 125 Å². The number of carbonyl (C=O) groups excluding carboxylic acids is 5. The number of hydrogen-bond acceptors (Lipinski definition) is 5. The van der Waals surface area contributed by atoms with Crippen LogP contribution in [0, 0.1) is 0 Å². The van der Waals surface area contributed by atoms with Crippen LogP contribution < -0.4 is 16.0 Å². The summed E-state index contributed by atoms with van der Waals surface area (Å²) in [5.41, 5.74) is 2.47. The van der Waals surface area contributed by atoms with Crippen molar-refractivity contribution < 1.29 is 24.0 Å². The summed E-state index contributed by atoms with van der Waals surface area (Å²) in [7, 11) is 0. The molecule has 30 heavy (non-hydrogen) atoms. The lowest BCUT2D eigenvalue weighted by Gasteiger charge is -2.29. The maximum atomic E-state index is 12.8. The van der Waals surface area contributed by atoms with Gasteiger partial charge in [0.05, 0.1) is 0 Å². The molecule has 1 fully saturated rings. The number of rotatable bonds is 5. The molecule has 2 aliphatic rings. The maximum absolute atomic E-state index is 12.8. The first-order valence-corrected chi connectivity index (χ1v) is 9.36. The quantitative estimate of drug-likeness (QED) is 0.509. The van der Waals surface area contributed by atoms with Crippen molar-refractivity contribution in [2.75, 3.05) is 10.6 Å². The minimum atomic E-state index is -0.719. The molecule has 0 spiro atoms. The lowest BCUT2D eigenvalue weighted by atomic mass is 10.0. The van der Waals surface area contributed by atoms with E-state index in [4.69, 9.17) is 0 Å². The van der Waals surface area contributed by atoms with Crippen LogP contribution in [0.3, 0.4) is 0 Å². The highest BCUT2D eigenvalue weighted by atomic mass is 16.2. The van der Waals surface area contributed by atoms with Crippen molar-refractivity contribution >= 4 is 41.4 Å². The van der Waals surface area contributed by atoms with Gasteiger partial charge in [-0.15, -0.1) is 0 Å². The minimum absolute atomic E-state index is 0.166. The fourth-order valence-electron chi connectivity index (χ4n) is 3.68. The average molecular weight is 406 g/mol. The molecule has 1 atom stereocenters. The van der Waals surface area contributed by atoms with Gasteiger partial charge in [0.25, 0.3) is 11.8 Å². The molecule has 0 bridgehead atoms. The zero-order valence-corrected chi connectivity index (χ0v) is 15.8. The molecule has 1 unspecified atom stereocenters. The fourth-order valence-corrected chi connectivity index (χ4v) is 3.68. The van der Waals surface area contributed by atoms with Crippen molar-refractivity contribution in [1.29, 1.82) is 0 Å². The van der Waals surface area contributed by atoms with Crippen molar-refractivity contribution in [2.24, 2.45) is 0 Å². The van der Waals surface area contributed by atoms with Gasteiger partial charge in [0, 0.05) is 41.0 Å². The van der Waals surface area contributed by atoms with Crippen LogP contribution in [0.15, 0.2) is 42.5 Å². The number of piperidine rings is 1. The standard InChI is InChI=1S/C21H18N4O5/c26-11-22-13-6-4-12(5-7-13)19(28)23-16-3-1-2-14-15(16)10-25(21(14)30)17-8-9-18(27)24-20(17)29/h1-7,11,17H,8-10H2,(H,22,26)(H,23,28)(H,24,27,29). The second-order valence-electron chi connectivity index (χ2n) is 7.03. The number of benzene rings is 2. The first-order chi connectivity index (χ1) is 14.5. The summed E-state index contributed by atoms with van der Waals surface area (Å²) >= 11 is 0. The summed E-state index contributed by atoms with van der Waals surface area (Å²) in [6, 6.07) is 10.6. The van der Waals surface area contributed by atoms with E-state index in [1.165, 1.54) is 4.90 Å². The van der Waals surface area contributed by atoms with Crippen molar-refractivity contribution in [3.05, 3.63) is 59.2 Å². The van der Waals surface area contributed by atoms with Crippen LogP contribution >= 0.6 is 0 Å². The highest BCUT2D eigenvalue weighted by molar-refractivity contribution is 6.09. The Hall–Kier alpha value is -4.01. The SMILES string of the molecule is O=CNc1ccc(C(=O)Nc2cccc3c2CN(C2CCC(=O)NC2=O)C3=O)cc1. The number of fused-ring (bicyclic) bond motifs is 1. The Kier molecular flexibility index (Phi) is 5.01. The Bertz CT molecular complexity index is 1060. The molecule has 4 rings (SSSR count). The smallest absolute Gasteiger partial charge is 0.255 e. The van der Waals surface area contributed by atoms with E-state index in [1.54, 1.807) is 42.5 Å². The van der Waals surface area contributed by atoms with Gasteiger partial charge in [0.1, 0.15) is 6.04 Å². The lowest BCUT2D eigenvalue weighted by Crippen LogP contribution is -2.52. The van der Waals surface area contributed by atoms with Crippen LogP contribution in [-0.2, 0) is 20.9 Å². The number of carbonyl (C=O) groups is 5. The molecule has 3 N–H and O–H groups in total. The number of nitrogens with zero attached hydrogens (tertiary/aromatic N) is 1. The Balaban J connectivity index is 1.54. The van der Waals surface area contributed by atoms with Gasteiger partial charge in [-0.3, -0.25) is 29.3 Å². The molecule has 2 aromatic rings. The summed E-state index contributed by atoms with van der Waals surface area (Å²) < 4.78 is 0. The van der Waals surface area contributed by atoms with Crippen LogP contribution in [0.1, 0.15) is 39.1 Å². The van der Waals surface area contributed by atoms with Gasteiger partial charge in [-0.05, 0) is 42.8 Å². The Morgan fingerprint density at radius 1 is 1.10 bits per heavy atom. The third-order valence-electron chi connectivity index (χ3n) is 5.20. The van der Waals surface area contributed by atoms with Gasteiger partial charge < -0.3 is 15.5 Å². The van der Waals surface area contributed by atoms with E-state index in [-0.39, 0.29) is 37.1 Å². The van der Waals surface area contributed by atoms with Crippen molar-refractivity contribution in [3.63, 3.8) is 0 Å². The predicted molar refractivity (Wildman–Crippen MR) is 107 cm³/mol. The third-order valence-corrected chi connectivity index (χ3v) is 5.20. The van der Waals surface area contributed by atoms with E-state index >= 15 is 0 Å². The van der Waals surface area contributed by atoms with Gasteiger partial charge in [-0.1, -0.05) is 6.07 Å². The average Bonchev–Trinajstić information content (AvgIpc) is 3.06. The molecule has 0 saturated carbocycles. The van der Waals surface area contributed by atoms with Crippen LogP contribution in [0.2, 0.25) is 0 Å². The largest absolute Gasteiger partial charge is 0.329 e. The van der Waals surface area contributed by atoms with Crippen molar-refractivity contribution in [3.8, 4) is 0 Å². The lowest BCUT2D eigenvalue weighted by molar-refractivity contribution is -0.136.